The Balaban J connectivity index is 0.000000371. The maximum atomic E-state index is 11.1. The van der Waals surface area contributed by atoms with E-state index in [0.717, 1.165) is 17.6 Å². The van der Waals surface area contributed by atoms with Crippen LogP contribution in [0.4, 0.5) is 13.2 Å². The second-order valence-electron chi connectivity index (χ2n) is 9.70. The fourth-order valence-electron chi connectivity index (χ4n) is 5.84. The Labute approximate surface area is 219 Å². The summed E-state index contributed by atoms with van der Waals surface area (Å²) in [6.07, 6.45) is 3.63. The smallest absolute Gasteiger partial charge is 0.389 e. The first-order valence-electron chi connectivity index (χ1n) is 13.2. The molecule has 0 unspecified atom stereocenters. The van der Waals surface area contributed by atoms with Crippen molar-refractivity contribution in [2.45, 2.75) is 83.5 Å². The summed E-state index contributed by atoms with van der Waals surface area (Å²) in [6.45, 7) is 4.51. The Kier molecular flexibility index (Phi) is 12.3. The van der Waals surface area contributed by atoms with Gasteiger partial charge in [0.05, 0.1) is 0 Å². The summed E-state index contributed by atoms with van der Waals surface area (Å²) in [6, 6.07) is 17.2. The van der Waals surface area contributed by atoms with E-state index >= 15 is 0 Å². The van der Waals surface area contributed by atoms with E-state index in [1.54, 1.807) is 0 Å². The monoisotopic (exact) mass is 519 g/mol. The molecular weight excluding hydrogens is 479 g/mol. The number of carbonyl (C=O) groups excluding carboxylic acids is 2. The lowest BCUT2D eigenvalue weighted by molar-refractivity contribution is -0.134. The van der Waals surface area contributed by atoms with Crippen molar-refractivity contribution >= 4 is 12.6 Å². The first kappa shape index (κ1) is 30.6. The van der Waals surface area contributed by atoms with Crippen LogP contribution in [0, 0.1) is 11.8 Å². The second kappa shape index (κ2) is 14.9. The van der Waals surface area contributed by atoms with Crippen LogP contribution in [0.5, 0.6) is 5.75 Å². The predicted molar refractivity (Wildman–Crippen MR) is 141 cm³/mol. The summed E-state index contributed by atoms with van der Waals surface area (Å²) in [5.41, 5.74) is 4.60. The van der Waals surface area contributed by atoms with Crippen LogP contribution in [0.2, 0.25) is 0 Å². The molecule has 1 fully saturated rings. The molecule has 0 amide bonds. The molecule has 0 aliphatic heterocycles. The van der Waals surface area contributed by atoms with E-state index in [1.165, 1.54) is 62.1 Å². The van der Waals surface area contributed by atoms with Gasteiger partial charge in [-0.3, -0.25) is 9.59 Å². The van der Waals surface area contributed by atoms with Crippen molar-refractivity contribution in [3.05, 3.63) is 65.2 Å². The van der Waals surface area contributed by atoms with E-state index in [-0.39, 0.29) is 19.0 Å². The van der Waals surface area contributed by atoms with Gasteiger partial charge in [0, 0.05) is 12.0 Å². The minimum atomic E-state index is -3.95. The highest BCUT2D eigenvalue weighted by molar-refractivity contribution is 6.09. The molecular formula is C30H40F3NO3. The number of hydrogen-bond acceptors (Lipinski definition) is 4. The van der Waals surface area contributed by atoms with E-state index < -0.39 is 12.6 Å². The normalized spacial score (nSPS) is 22.1. The molecule has 0 heterocycles. The van der Waals surface area contributed by atoms with Crippen LogP contribution in [-0.4, -0.2) is 31.3 Å². The molecule has 2 aromatic rings. The molecule has 0 aromatic heterocycles. The summed E-state index contributed by atoms with van der Waals surface area (Å²) >= 11 is 0. The summed E-state index contributed by atoms with van der Waals surface area (Å²) in [4.78, 5) is 17.6. The highest BCUT2D eigenvalue weighted by Gasteiger charge is 2.48. The van der Waals surface area contributed by atoms with Crippen molar-refractivity contribution in [2.24, 2.45) is 11.8 Å². The number of ether oxygens (including phenoxy) is 1. The van der Waals surface area contributed by atoms with Crippen molar-refractivity contribution < 1.29 is 27.5 Å². The van der Waals surface area contributed by atoms with Gasteiger partial charge in [-0.1, -0.05) is 50.2 Å². The molecule has 1 saturated carbocycles. The second-order valence-corrected chi connectivity index (χ2v) is 9.70. The van der Waals surface area contributed by atoms with Crippen molar-refractivity contribution in [1.82, 2.24) is 5.32 Å². The molecule has 0 saturated heterocycles. The van der Waals surface area contributed by atoms with Gasteiger partial charge in [-0.15, -0.1) is 0 Å². The van der Waals surface area contributed by atoms with E-state index in [2.05, 4.69) is 61.8 Å². The van der Waals surface area contributed by atoms with Gasteiger partial charge in [0.1, 0.15) is 12.4 Å². The molecule has 2 aliphatic rings. The SMILES string of the molecule is CCCC(F)(F)F.CC[C@@]1(NC)[C@@H]2CCc3ccc(OCc4ccccc4)cc3C[C@H]1CC2.O=CC=O. The summed E-state index contributed by atoms with van der Waals surface area (Å²) in [5.74, 6) is 2.57. The molecule has 0 spiro atoms. The lowest BCUT2D eigenvalue weighted by atomic mass is 9.71. The third-order valence-electron chi connectivity index (χ3n) is 7.61. The standard InChI is InChI=1S/C24H31NO.C4H7F3.C2H2O2/c1-3-24(25-2)21-11-9-19-10-14-23(16-20(19)15-22(24)13-12-21)26-17-18-7-5-4-6-8-18;1-2-3-4(5,6)7;3-1-2-4/h4-8,10,14,16,21-22,25H,3,9,11-13,15,17H2,1-2H3;2-3H2,1H3;1-2H/t21-,22-,24-;;/m1../s1. The van der Waals surface area contributed by atoms with Crippen LogP contribution < -0.4 is 10.1 Å². The van der Waals surface area contributed by atoms with E-state index in [1.807, 2.05) is 6.07 Å². The van der Waals surface area contributed by atoms with Gasteiger partial charge in [-0.25, -0.2) is 0 Å². The zero-order valence-corrected chi connectivity index (χ0v) is 22.2. The number of halogens is 3. The highest BCUT2D eigenvalue weighted by Crippen LogP contribution is 2.48. The lowest BCUT2D eigenvalue weighted by Gasteiger charge is -2.42. The molecule has 2 aromatic carbocycles. The Morgan fingerprint density at radius 1 is 0.973 bits per heavy atom. The number of rotatable bonds is 7. The fourth-order valence-corrected chi connectivity index (χ4v) is 5.84. The van der Waals surface area contributed by atoms with Gasteiger partial charge in [-0.05, 0) is 92.7 Å². The maximum Gasteiger partial charge on any atom is 0.389 e. The zero-order chi connectivity index (χ0) is 27.3. The summed E-state index contributed by atoms with van der Waals surface area (Å²) < 4.78 is 39.3. The lowest BCUT2D eigenvalue weighted by Crippen LogP contribution is -2.52. The molecule has 4 nitrogen and oxygen atoms in total. The zero-order valence-electron chi connectivity index (χ0n) is 22.2. The van der Waals surface area contributed by atoms with Gasteiger partial charge >= 0.3 is 6.18 Å². The highest BCUT2D eigenvalue weighted by atomic mass is 19.4. The molecule has 2 aliphatic carbocycles. The minimum Gasteiger partial charge on any atom is -0.489 e. The van der Waals surface area contributed by atoms with Crippen LogP contribution in [-0.2, 0) is 29.0 Å². The molecule has 37 heavy (non-hydrogen) atoms. The van der Waals surface area contributed by atoms with Crippen molar-refractivity contribution in [3.8, 4) is 5.75 Å². The summed E-state index contributed by atoms with van der Waals surface area (Å²) in [7, 11) is 2.18. The third-order valence-corrected chi connectivity index (χ3v) is 7.61. The average Bonchev–Trinajstić information content (AvgIpc) is 3.27. The first-order valence-corrected chi connectivity index (χ1v) is 13.2. The molecule has 2 bridgehead atoms. The number of aryl methyl sites for hydroxylation is 1. The number of nitrogens with one attached hydrogen (secondary N) is 1. The topological polar surface area (TPSA) is 55.4 Å². The Hall–Kier alpha value is -2.67. The fraction of sp³-hybridized carbons (Fsp3) is 0.533. The predicted octanol–water partition coefficient (Wildman–Crippen LogP) is 6.88. The molecule has 0 radical (unpaired) electrons. The average molecular weight is 520 g/mol. The summed E-state index contributed by atoms with van der Waals surface area (Å²) in [5, 5.41) is 3.76. The van der Waals surface area contributed by atoms with Crippen LogP contribution in [0.25, 0.3) is 0 Å². The van der Waals surface area contributed by atoms with E-state index in [9.17, 15) is 13.2 Å². The third kappa shape index (κ3) is 8.99. The Bertz CT molecular complexity index is 952. The van der Waals surface area contributed by atoms with E-state index in [0.29, 0.717) is 12.1 Å². The minimum absolute atomic E-state index is 0.184. The Morgan fingerprint density at radius 2 is 1.65 bits per heavy atom. The van der Waals surface area contributed by atoms with Crippen LogP contribution in [0.1, 0.15) is 69.1 Å². The maximum absolute atomic E-state index is 11.1. The van der Waals surface area contributed by atoms with Gasteiger partial charge in [0.2, 0.25) is 0 Å². The Morgan fingerprint density at radius 3 is 2.19 bits per heavy atom. The van der Waals surface area contributed by atoms with Crippen molar-refractivity contribution in [3.63, 3.8) is 0 Å². The van der Waals surface area contributed by atoms with Crippen molar-refractivity contribution in [1.29, 1.82) is 0 Å². The van der Waals surface area contributed by atoms with Crippen LogP contribution in [0.3, 0.4) is 0 Å². The number of carbonyl (C=O) groups is 2. The van der Waals surface area contributed by atoms with Gasteiger partial charge < -0.3 is 10.1 Å². The quantitative estimate of drug-likeness (QED) is 0.320. The first-order chi connectivity index (χ1) is 17.7. The molecule has 7 heteroatoms. The number of fused-ring (bicyclic) bond motifs is 3. The van der Waals surface area contributed by atoms with Crippen molar-refractivity contribution in [2.75, 3.05) is 7.05 Å². The van der Waals surface area contributed by atoms with Crippen LogP contribution >= 0.6 is 0 Å². The number of alkyl halides is 3. The largest absolute Gasteiger partial charge is 0.489 e. The van der Waals surface area contributed by atoms with E-state index in [4.69, 9.17) is 14.3 Å². The number of aldehydes is 2. The van der Waals surface area contributed by atoms with Crippen LogP contribution in [0.15, 0.2) is 48.5 Å². The van der Waals surface area contributed by atoms with Gasteiger partial charge in [-0.2, -0.15) is 13.2 Å². The molecule has 204 valence electrons. The number of hydrogen-bond donors (Lipinski definition) is 1. The molecule has 1 N–H and O–H groups in total. The number of benzene rings is 2. The van der Waals surface area contributed by atoms with Gasteiger partial charge in [0.25, 0.3) is 0 Å². The molecule has 4 rings (SSSR count). The van der Waals surface area contributed by atoms with Gasteiger partial charge in [0.15, 0.2) is 12.6 Å². The molecule has 3 atom stereocenters.